The fourth-order valence-electron chi connectivity index (χ4n) is 1.54. The van der Waals surface area contributed by atoms with Crippen LogP contribution in [0.25, 0.3) is 0 Å². The first-order valence-corrected chi connectivity index (χ1v) is 7.61. The van der Waals surface area contributed by atoms with Crippen molar-refractivity contribution in [2.45, 2.75) is 18.6 Å². The van der Waals surface area contributed by atoms with Crippen molar-refractivity contribution in [3.8, 4) is 0 Å². The second-order valence-corrected chi connectivity index (χ2v) is 6.12. The fraction of sp³-hybridized carbons (Fsp3) is 0.462. The number of methoxy groups -OCH3 is 1. The van der Waals surface area contributed by atoms with E-state index < -0.39 is 16.8 Å². The zero-order chi connectivity index (χ0) is 14.4. The van der Waals surface area contributed by atoms with E-state index >= 15 is 0 Å². The monoisotopic (exact) mass is 284 g/mol. The number of ether oxygens (including phenoxy) is 1. The molecular formula is C13H20N2O3S. The Labute approximate surface area is 116 Å². The third-order valence-electron chi connectivity index (χ3n) is 2.91. The van der Waals surface area contributed by atoms with Gasteiger partial charge in [-0.3, -0.25) is 4.21 Å². The van der Waals surface area contributed by atoms with Gasteiger partial charge in [0.15, 0.2) is 0 Å². The Morgan fingerprint density at radius 2 is 2.21 bits per heavy atom. The molecule has 0 radical (unpaired) electrons. The molecule has 0 saturated carbocycles. The summed E-state index contributed by atoms with van der Waals surface area (Å²) >= 11 is 0. The zero-order valence-corrected chi connectivity index (χ0v) is 12.3. The van der Waals surface area contributed by atoms with Gasteiger partial charge in [-0.25, -0.2) is 4.79 Å². The number of nitrogens with two attached hydrogens (primary N) is 1. The summed E-state index contributed by atoms with van der Waals surface area (Å²) in [6, 6.07) is 5.13. The number of benzene rings is 1. The summed E-state index contributed by atoms with van der Waals surface area (Å²) < 4.78 is 15.9. The van der Waals surface area contributed by atoms with Crippen LogP contribution in [-0.2, 0) is 15.5 Å². The standard InChI is InChI=1S/C13H20N2O3S/c1-9(19(3)17)6-7-15-10-4-5-12(14)11(8-10)13(16)18-2/h4-5,8-9,15H,6-7,14H2,1-3H3. The lowest BCUT2D eigenvalue weighted by atomic mass is 10.1. The average molecular weight is 284 g/mol. The average Bonchev–Trinajstić information content (AvgIpc) is 2.39. The molecule has 0 aromatic heterocycles. The van der Waals surface area contributed by atoms with Crippen molar-refractivity contribution in [1.82, 2.24) is 0 Å². The van der Waals surface area contributed by atoms with Gasteiger partial charge in [-0.15, -0.1) is 0 Å². The van der Waals surface area contributed by atoms with Gasteiger partial charge in [0, 0.05) is 40.2 Å². The molecule has 1 rings (SSSR count). The fourth-order valence-corrected chi connectivity index (χ4v) is 1.99. The number of hydrogen-bond donors (Lipinski definition) is 2. The number of hydrogen-bond acceptors (Lipinski definition) is 5. The number of esters is 1. The van der Waals surface area contributed by atoms with Crippen molar-refractivity contribution in [3.05, 3.63) is 23.8 Å². The van der Waals surface area contributed by atoms with Crippen LogP contribution in [0.3, 0.4) is 0 Å². The maximum absolute atomic E-state index is 11.5. The van der Waals surface area contributed by atoms with Crippen LogP contribution in [0.1, 0.15) is 23.7 Å². The quantitative estimate of drug-likeness (QED) is 0.613. The molecule has 1 aromatic carbocycles. The normalized spacial score (nSPS) is 13.6. The van der Waals surface area contributed by atoms with Crippen molar-refractivity contribution >= 4 is 28.1 Å². The molecule has 6 heteroatoms. The first-order valence-electron chi connectivity index (χ1n) is 5.99. The highest BCUT2D eigenvalue weighted by Crippen LogP contribution is 2.18. The number of rotatable bonds is 6. The van der Waals surface area contributed by atoms with Gasteiger partial charge in [0.25, 0.3) is 0 Å². The number of anilines is 2. The highest BCUT2D eigenvalue weighted by molar-refractivity contribution is 7.84. The summed E-state index contributed by atoms with van der Waals surface area (Å²) in [5.41, 5.74) is 7.24. The summed E-state index contributed by atoms with van der Waals surface area (Å²) in [5.74, 6) is -0.454. The van der Waals surface area contributed by atoms with Gasteiger partial charge in [0.2, 0.25) is 0 Å². The van der Waals surface area contributed by atoms with Crippen LogP contribution in [0.15, 0.2) is 18.2 Å². The van der Waals surface area contributed by atoms with Crippen molar-refractivity contribution < 1.29 is 13.7 Å². The van der Waals surface area contributed by atoms with Gasteiger partial charge in [0.1, 0.15) is 0 Å². The molecule has 0 bridgehead atoms. The summed E-state index contributed by atoms with van der Waals surface area (Å²) in [5, 5.41) is 3.32. The minimum Gasteiger partial charge on any atom is -0.465 e. The van der Waals surface area contributed by atoms with Gasteiger partial charge in [0.05, 0.1) is 12.7 Å². The summed E-state index contributed by atoms with van der Waals surface area (Å²) in [6.07, 6.45) is 2.49. The minimum atomic E-state index is -0.819. The van der Waals surface area contributed by atoms with Gasteiger partial charge >= 0.3 is 5.97 Å². The van der Waals surface area contributed by atoms with Crippen molar-refractivity contribution in [1.29, 1.82) is 0 Å². The molecular weight excluding hydrogens is 264 g/mol. The minimum absolute atomic E-state index is 0.140. The first-order chi connectivity index (χ1) is 8.95. The van der Waals surface area contributed by atoms with E-state index in [1.54, 1.807) is 24.5 Å². The predicted molar refractivity (Wildman–Crippen MR) is 78.8 cm³/mol. The molecule has 2 atom stereocenters. The van der Waals surface area contributed by atoms with E-state index in [9.17, 15) is 9.00 Å². The molecule has 2 unspecified atom stereocenters. The molecule has 19 heavy (non-hydrogen) atoms. The maximum atomic E-state index is 11.5. The van der Waals surface area contributed by atoms with Gasteiger partial charge in [-0.2, -0.15) is 0 Å². The van der Waals surface area contributed by atoms with Crippen LogP contribution < -0.4 is 11.1 Å². The Balaban J connectivity index is 2.65. The Kier molecular flexibility index (Phi) is 5.82. The molecule has 0 amide bonds. The van der Waals surface area contributed by atoms with E-state index in [0.717, 1.165) is 12.1 Å². The van der Waals surface area contributed by atoms with Crippen molar-refractivity contribution in [2.75, 3.05) is 31.0 Å². The van der Waals surface area contributed by atoms with E-state index in [0.29, 0.717) is 17.8 Å². The van der Waals surface area contributed by atoms with Crippen LogP contribution in [0.2, 0.25) is 0 Å². The van der Waals surface area contributed by atoms with Crippen LogP contribution in [0, 0.1) is 0 Å². The highest BCUT2D eigenvalue weighted by Gasteiger charge is 2.11. The van der Waals surface area contributed by atoms with Crippen LogP contribution in [0.5, 0.6) is 0 Å². The topological polar surface area (TPSA) is 81.4 Å². The summed E-state index contributed by atoms with van der Waals surface area (Å²) in [7, 11) is 0.500. The van der Waals surface area contributed by atoms with E-state index in [-0.39, 0.29) is 5.25 Å². The summed E-state index contributed by atoms with van der Waals surface area (Å²) in [6.45, 7) is 2.63. The third-order valence-corrected chi connectivity index (χ3v) is 4.27. The zero-order valence-electron chi connectivity index (χ0n) is 11.4. The van der Waals surface area contributed by atoms with Crippen LogP contribution in [0.4, 0.5) is 11.4 Å². The molecule has 0 aliphatic carbocycles. The van der Waals surface area contributed by atoms with E-state index in [1.165, 1.54) is 7.11 Å². The highest BCUT2D eigenvalue weighted by atomic mass is 32.2. The Morgan fingerprint density at radius 1 is 1.53 bits per heavy atom. The second-order valence-electron chi connectivity index (χ2n) is 4.32. The molecule has 5 nitrogen and oxygen atoms in total. The SMILES string of the molecule is COC(=O)c1cc(NCCC(C)S(C)=O)ccc1N. The van der Waals surface area contributed by atoms with Crippen LogP contribution in [-0.4, -0.2) is 35.3 Å². The third kappa shape index (κ3) is 4.55. The molecule has 3 N–H and O–H groups in total. The molecule has 0 saturated heterocycles. The molecule has 0 fully saturated rings. The van der Waals surface area contributed by atoms with E-state index in [2.05, 4.69) is 10.1 Å². The smallest absolute Gasteiger partial charge is 0.340 e. The van der Waals surface area contributed by atoms with E-state index in [1.807, 2.05) is 6.92 Å². The van der Waals surface area contributed by atoms with Crippen LogP contribution >= 0.6 is 0 Å². The lowest BCUT2D eigenvalue weighted by Crippen LogP contribution is -2.15. The molecule has 0 aliphatic heterocycles. The molecule has 0 aliphatic rings. The molecule has 0 heterocycles. The van der Waals surface area contributed by atoms with Gasteiger partial charge < -0.3 is 15.8 Å². The van der Waals surface area contributed by atoms with Crippen molar-refractivity contribution in [3.63, 3.8) is 0 Å². The number of carbonyl (C=O) groups is 1. The van der Waals surface area contributed by atoms with Gasteiger partial charge in [-0.1, -0.05) is 6.92 Å². The van der Waals surface area contributed by atoms with E-state index in [4.69, 9.17) is 5.73 Å². The Bertz CT molecular complexity index is 477. The maximum Gasteiger partial charge on any atom is 0.340 e. The Hall–Kier alpha value is -1.56. The lowest BCUT2D eigenvalue weighted by molar-refractivity contribution is 0.0602. The lowest BCUT2D eigenvalue weighted by Gasteiger charge is -2.12. The predicted octanol–water partition coefficient (Wildman–Crippen LogP) is 1.62. The summed E-state index contributed by atoms with van der Waals surface area (Å²) in [4.78, 5) is 11.5. The first kappa shape index (κ1) is 15.5. The Morgan fingerprint density at radius 3 is 2.79 bits per heavy atom. The largest absolute Gasteiger partial charge is 0.465 e. The molecule has 1 aromatic rings. The second kappa shape index (κ2) is 7.13. The molecule has 106 valence electrons. The number of nitrogens with one attached hydrogen (secondary N) is 1. The number of carbonyl (C=O) groups excluding carboxylic acids is 1. The van der Waals surface area contributed by atoms with Gasteiger partial charge in [-0.05, 0) is 24.6 Å². The number of nitrogen functional groups attached to an aromatic ring is 1. The molecule has 0 spiro atoms. The van der Waals surface area contributed by atoms with Crippen molar-refractivity contribution in [2.24, 2.45) is 0 Å².